The van der Waals surface area contributed by atoms with Gasteiger partial charge < -0.3 is 9.80 Å². The summed E-state index contributed by atoms with van der Waals surface area (Å²) in [7, 11) is 0. The Morgan fingerprint density at radius 2 is 0.960 bits per heavy atom. The van der Waals surface area contributed by atoms with Crippen molar-refractivity contribution in [3.63, 3.8) is 0 Å². The summed E-state index contributed by atoms with van der Waals surface area (Å²) in [6.45, 7) is 7.72. The molecule has 0 aromatic rings. The van der Waals surface area contributed by atoms with E-state index in [1.165, 1.54) is 25.7 Å². The van der Waals surface area contributed by atoms with Crippen molar-refractivity contribution in [3.8, 4) is 0 Å². The largest absolute Gasteiger partial charge is 0.341 e. The van der Waals surface area contributed by atoms with Crippen LogP contribution in [0.4, 0.5) is 0 Å². The van der Waals surface area contributed by atoms with Crippen LogP contribution in [0.2, 0.25) is 0 Å². The molecular formula is C21H36N2O2. The van der Waals surface area contributed by atoms with Crippen LogP contribution < -0.4 is 0 Å². The van der Waals surface area contributed by atoms with Crippen molar-refractivity contribution < 1.29 is 9.59 Å². The van der Waals surface area contributed by atoms with Gasteiger partial charge in [0, 0.05) is 38.0 Å². The summed E-state index contributed by atoms with van der Waals surface area (Å²) in [5.74, 6) is 2.73. The van der Waals surface area contributed by atoms with E-state index in [0.717, 1.165) is 70.1 Å². The molecule has 1 heterocycles. The quantitative estimate of drug-likeness (QED) is 0.763. The Hall–Kier alpha value is -1.06. The summed E-state index contributed by atoms with van der Waals surface area (Å²) >= 11 is 0. The number of hydrogen-bond acceptors (Lipinski definition) is 2. The molecule has 0 atom stereocenters. The Balaban J connectivity index is 1.50. The molecule has 4 heteroatoms. The Labute approximate surface area is 153 Å². The van der Waals surface area contributed by atoms with E-state index in [0.29, 0.717) is 11.8 Å². The van der Waals surface area contributed by atoms with Crippen LogP contribution in [-0.2, 0) is 9.59 Å². The van der Waals surface area contributed by atoms with E-state index in [9.17, 15) is 9.59 Å². The maximum atomic E-state index is 12.8. The van der Waals surface area contributed by atoms with E-state index in [1.54, 1.807) is 0 Å². The summed E-state index contributed by atoms with van der Waals surface area (Å²) in [6, 6.07) is 0. The lowest BCUT2D eigenvalue weighted by Crippen LogP contribution is -2.42. The van der Waals surface area contributed by atoms with Gasteiger partial charge in [0.25, 0.3) is 0 Å². The van der Waals surface area contributed by atoms with Crippen LogP contribution in [0.15, 0.2) is 0 Å². The molecular weight excluding hydrogens is 312 g/mol. The van der Waals surface area contributed by atoms with Crippen LogP contribution in [0.25, 0.3) is 0 Å². The van der Waals surface area contributed by atoms with Crippen molar-refractivity contribution in [1.82, 2.24) is 9.80 Å². The maximum Gasteiger partial charge on any atom is 0.225 e. The number of rotatable bonds is 2. The minimum Gasteiger partial charge on any atom is -0.341 e. The molecule has 25 heavy (non-hydrogen) atoms. The van der Waals surface area contributed by atoms with Crippen molar-refractivity contribution in [2.75, 3.05) is 26.2 Å². The van der Waals surface area contributed by atoms with Crippen LogP contribution >= 0.6 is 0 Å². The van der Waals surface area contributed by atoms with Crippen LogP contribution in [0.5, 0.6) is 0 Å². The van der Waals surface area contributed by atoms with Gasteiger partial charge in [-0.15, -0.1) is 0 Å². The van der Waals surface area contributed by atoms with Gasteiger partial charge in [0.15, 0.2) is 0 Å². The molecule has 3 aliphatic rings. The summed E-state index contributed by atoms with van der Waals surface area (Å²) in [4.78, 5) is 29.8. The van der Waals surface area contributed by atoms with E-state index in [-0.39, 0.29) is 11.8 Å². The normalized spacial score (nSPS) is 34.5. The lowest BCUT2D eigenvalue weighted by molar-refractivity contribution is -0.139. The molecule has 3 rings (SSSR count). The molecule has 142 valence electrons. The van der Waals surface area contributed by atoms with Gasteiger partial charge in [-0.2, -0.15) is 0 Å². The van der Waals surface area contributed by atoms with E-state index < -0.39 is 0 Å². The average molecular weight is 349 g/mol. The first kappa shape index (κ1) is 18.7. The van der Waals surface area contributed by atoms with E-state index >= 15 is 0 Å². The van der Waals surface area contributed by atoms with Crippen LogP contribution in [-0.4, -0.2) is 47.8 Å². The zero-order valence-electron chi connectivity index (χ0n) is 16.2. The number of hydrogen-bond donors (Lipinski definition) is 0. The van der Waals surface area contributed by atoms with Crippen LogP contribution in [0.3, 0.4) is 0 Å². The summed E-state index contributed by atoms with van der Waals surface area (Å²) in [5.41, 5.74) is 0. The lowest BCUT2D eigenvalue weighted by atomic mass is 9.82. The van der Waals surface area contributed by atoms with Gasteiger partial charge in [0.05, 0.1) is 0 Å². The first-order valence-electron chi connectivity index (χ1n) is 10.6. The number of carbonyl (C=O) groups is 2. The van der Waals surface area contributed by atoms with E-state index in [2.05, 4.69) is 23.6 Å². The van der Waals surface area contributed by atoms with Gasteiger partial charge in [0.1, 0.15) is 0 Å². The van der Waals surface area contributed by atoms with Crippen LogP contribution in [0, 0.1) is 23.7 Å². The van der Waals surface area contributed by atoms with Gasteiger partial charge >= 0.3 is 0 Å². The third kappa shape index (κ3) is 4.77. The molecule has 1 aliphatic heterocycles. The molecule has 4 nitrogen and oxygen atoms in total. The first-order valence-corrected chi connectivity index (χ1v) is 10.6. The predicted molar refractivity (Wildman–Crippen MR) is 100 cm³/mol. The Bertz CT molecular complexity index is 421. The average Bonchev–Trinajstić information content (AvgIpc) is 2.88. The van der Waals surface area contributed by atoms with Gasteiger partial charge in [-0.25, -0.2) is 0 Å². The van der Waals surface area contributed by atoms with Crippen molar-refractivity contribution in [2.24, 2.45) is 23.7 Å². The second-order valence-electron chi connectivity index (χ2n) is 8.92. The highest BCUT2D eigenvalue weighted by Gasteiger charge is 2.32. The van der Waals surface area contributed by atoms with Crippen molar-refractivity contribution in [3.05, 3.63) is 0 Å². The molecule has 0 unspecified atom stereocenters. The van der Waals surface area contributed by atoms with Crippen molar-refractivity contribution >= 4 is 11.8 Å². The Kier molecular flexibility index (Phi) is 6.40. The molecule has 2 amide bonds. The molecule has 0 radical (unpaired) electrons. The fourth-order valence-electron chi connectivity index (χ4n) is 4.89. The highest BCUT2D eigenvalue weighted by atomic mass is 16.2. The molecule has 0 aromatic carbocycles. The first-order chi connectivity index (χ1) is 12.0. The second-order valence-corrected chi connectivity index (χ2v) is 8.92. The van der Waals surface area contributed by atoms with Crippen molar-refractivity contribution in [1.29, 1.82) is 0 Å². The fourth-order valence-corrected chi connectivity index (χ4v) is 4.89. The number of amides is 2. The fraction of sp³-hybridized carbons (Fsp3) is 0.905. The van der Waals surface area contributed by atoms with Gasteiger partial charge in [-0.1, -0.05) is 13.8 Å². The van der Waals surface area contributed by atoms with Gasteiger partial charge in [-0.05, 0) is 69.6 Å². The topological polar surface area (TPSA) is 40.6 Å². The third-order valence-corrected chi connectivity index (χ3v) is 6.85. The van der Waals surface area contributed by atoms with Crippen molar-refractivity contribution in [2.45, 2.75) is 71.6 Å². The minimum absolute atomic E-state index is 0.235. The highest BCUT2D eigenvalue weighted by Crippen LogP contribution is 2.31. The number of carbonyl (C=O) groups excluding carboxylic acids is 2. The molecule has 2 saturated carbocycles. The van der Waals surface area contributed by atoms with Gasteiger partial charge in [0.2, 0.25) is 11.8 Å². The highest BCUT2D eigenvalue weighted by molar-refractivity contribution is 5.80. The molecule has 0 N–H and O–H groups in total. The molecule has 1 saturated heterocycles. The van der Waals surface area contributed by atoms with E-state index in [1.807, 2.05) is 0 Å². The standard InChI is InChI=1S/C21H36N2O2/c1-16-4-8-18(9-5-16)20(24)22-12-3-13-23(15-14-22)21(25)19-10-6-17(2)7-11-19/h16-19H,3-15H2,1-2H3. The second kappa shape index (κ2) is 8.55. The zero-order chi connectivity index (χ0) is 17.8. The SMILES string of the molecule is CC1CCC(C(=O)N2CCCN(C(=O)C3CCC(C)CC3)CC2)CC1. The molecule has 2 aliphatic carbocycles. The minimum atomic E-state index is 0.235. The summed E-state index contributed by atoms with van der Waals surface area (Å²) in [6.07, 6.45) is 9.91. The third-order valence-electron chi connectivity index (χ3n) is 6.85. The Morgan fingerprint density at radius 1 is 0.600 bits per heavy atom. The predicted octanol–water partition coefficient (Wildman–Crippen LogP) is 3.70. The summed E-state index contributed by atoms with van der Waals surface area (Å²) in [5, 5.41) is 0. The zero-order valence-corrected chi connectivity index (χ0v) is 16.2. The summed E-state index contributed by atoms with van der Waals surface area (Å²) < 4.78 is 0. The Morgan fingerprint density at radius 3 is 1.32 bits per heavy atom. The van der Waals surface area contributed by atoms with Crippen LogP contribution in [0.1, 0.15) is 71.6 Å². The molecule has 0 spiro atoms. The lowest BCUT2D eigenvalue weighted by Gasteiger charge is -2.31. The monoisotopic (exact) mass is 348 g/mol. The molecule has 0 bridgehead atoms. The smallest absolute Gasteiger partial charge is 0.225 e. The maximum absolute atomic E-state index is 12.8. The molecule has 0 aromatic heterocycles. The van der Waals surface area contributed by atoms with E-state index in [4.69, 9.17) is 0 Å². The number of nitrogens with zero attached hydrogens (tertiary/aromatic N) is 2. The van der Waals surface area contributed by atoms with Gasteiger partial charge in [-0.3, -0.25) is 9.59 Å². The molecule has 3 fully saturated rings.